The topological polar surface area (TPSA) is 108 Å². The van der Waals surface area contributed by atoms with E-state index < -0.39 is 4.92 Å². The molecule has 0 amide bonds. The zero-order valence-electron chi connectivity index (χ0n) is 16.1. The molecule has 2 N–H and O–H groups in total. The lowest BCUT2D eigenvalue weighted by molar-refractivity contribution is -0.384. The number of rotatable bonds is 9. The van der Waals surface area contributed by atoms with E-state index in [9.17, 15) is 20.5 Å². The molecule has 0 heterocycles. The van der Waals surface area contributed by atoms with Crippen molar-refractivity contribution in [2.24, 2.45) is 16.2 Å². The van der Waals surface area contributed by atoms with Gasteiger partial charge in [0.2, 0.25) is 0 Å². The van der Waals surface area contributed by atoms with Crippen LogP contribution in [0.4, 0.5) is 5.69 Å². The van der Waals surface area contributed by atoms with E-state index in [1.54, 1.807) is 19.1 Å². The van der Waals surface area contributed by atoms with Gasteiger partial charge >= 0.3 is 0 Å². The Hall–Kier alpha value is -3.22. The van der Waals surface area contributed by atoms with Crippen molar-refractivity contribution in [1.82, 2.24) is 0 Å². The van der Waals surface area contributed by atoms with Crippen LogP contribution in [0, 0.1) is 16.0 Å². The maximum Gasteiger partial charge on any atom is 0.269 e. The second-order valence-corrected chi connectivity index (χ2v) is 6.66. The Kier molecular flexibility index (Phi) is 7.68. The van der Waals surface area contributed by atoms with Gasteiger partial charge in [-0.3, -0.25) is 10.1 Å². The number of oxime groups is 2. The predicted octanol–water partition coefficient (Wildman–Crippen LogP) is 5.49. The van der Waals surface area contributed by atoms with E-state index in [-0.39, 0.29) is 11.6 Å². The highest BCUT2D eigenvalue weighted by Gasteiger charge is 2.22. The van der Waals surface area contributed by atoms with Crippen molar-refractivity contribution < 1.29 is 15.3 Å². The fourth-order valence-electron chi connectivity index (χ4n) is 3.15. The Balaban J connectivity index is 2.26. The minimum atomic E-state index is -0.430. The number of unbranched alkanes of at least 4 members (excludes halogenated alkanes) is 2. The summed E-state index contributed by atoms with van der Waals surface area (Å²) in [5, 5.41) is 36.4. The van der Waals surface area contributed by atoms with Crippen molar-refractivity contribution in [1.29, 1.82) is 0 Å². The molecule has 148 valence electrons. The van der Waals surface area contributed by atoms with Crippen LogP contribution in [-0.4, -0.2) is 26.8 Å². The molecule has 2 rings (SSSR count). The highest BCUT2D eigenvalue weighted by molar-refractivity contribution is 6.14. The predicted molar refractivity (Wildman–Crippen MR) is 109 cm³/mol. The first-order valence-corrected chi connectivity index (χ1v) is 9.27. The summed E-state index contributed by atoms with van der Waals surface area (Å²) in [6.07, 6.45) is 3.78. The van der Waals surface area contributed by atoms with Gasteiger partial charge in [0.15, 0.2) is 0 Å². The van der Waals surface area contributed by atoms with Gasteiger partial charge in [0.05, 0.1) is 16.3 Å². The van der Waals surface area contributed by atoms with Gasteiger partial charge in [0, 0.05) is 23.6 Å². The third-order valence-corrected chi connectivity index (χ3v) is 4.79. The normalized spacial score (nSPS) is 13.4. The van der Waals surface area contributed by atoms with Gasteiger partial charge < -0.3 is 10.4 Å². The summed E-state index contributed by atoms with van der Waals surface area (Å²) >= 11 is 0. The number of nitro benzene ring substituents is 1. The highest BCUT2D eigenvalue weighted by Crippen LogP contribution is 2.25. The van der Waals surface area contributed by atoms with Crippen LogP contribution in [0.5, 0.6) is 0 Å². The number of nitrogens with zero attached hydrogens (tertiary/aromatic N) is 3. The summed E-state index contributed by atoms with van der Waals surface area (Å²) in [7, 11) is 0. The van der Waals surface area contributed by atoms with E-state index in [0.29, 0.717) is 11.4 Å². The summed E-state index contributed by atoms with van der Waals surface area (Å²) in [5.41, 5.74) is 3.49. The Morgan fingerprint density at radius 2 is 1.57 bits per heavy atom. The molecule has 0 aliphatic heterocycles. The molecule has 1 atom stereocenters. The average Bonchev–Trinajstić information content (AvgIpc) is 2.73. The molecule has 7 heteroatoms. The van der Waals surface area contributed by atoms with Crippen LogP contribution < -0.4 is 0 Å². The second-order valence-electron chi connectivity index (χ2n) is 6.66. The lowest BCUT2D eigenvalue weighted by Gasteiger charge is -2.18. The smallest absolute Gasteiger partial charge is 0.269 e. The largest absolute Gasteiger partial charge is 0.411 e. The maximum absolute atomic E-state index is 10.8. The Morgan fingerprint density at radius 3 is 2.04 bits per heavy atom. The van der Waals surface area contributed by atoms with E-state index >= 15 is 0 Å². The van der Waals surface area contributed by atoms with Gasteiger partial charge in [-0.25, -0.2) is 0 Å². The van der Waals surface area contributed by atoms with Gasteiger partial charge in [-0.1, -0.05) is 60.8 Å². The van der Waals surface area contributed by atoms with Crippen LogP contribution in [0.3, 0.4) is 0 Å². The number of hydrogen-bond acceptors (Lipinski definition) is 6. The Bertz CT molecular complexity index is 843. The van der Waals surface area contributed by atoms with E-state index in [1.807, 2.05) is 24.3 Å². The first kappa shape index (κ1) is 21.1. The molecule has 28 heavy (non-hydrogen) atoms. The number of benzene rings is 2. The fourth-order valence-corrected chi connectivity index (χ4v) is 3.15. The standard InChI is InChI=1S/C21H25N3O4/c1-3-4-5-6-20(15(2)22-25)21(23-26)18-9-7-16(8-10-18)17-11-13-19(14-12-17)24(27)28/h7-14,20,25-26H,3-6H2,1-2H3. The molecule has 7 nitrogen and oxygen atoms in total. The van der Waals surface area contributed by atoms with Gasteiger partial charge in [-0.05, 0) is 36.6 Å². The monoisotopic (exact) mass is 383 g/mol. The van der Waals surface area contributed by atoms with Crippen LogP contribution in [-0.2, 0) is 0 Å². The minimum absolute atomic E-state index is 0.0451. The quantitative estimate of drug-likeness (QED) is 0.196. The number of nitro groups is 1. The first-order chi connectivity index (χ1) is 13.5. The van der Waals surface area contributed by atoms with E-state index in [2.05, 4.69) is 17.2 Å². The lowest BCUT2D eigenvalue weighted by Crippen LogP contribution is -2.23. The van der Waals surface area contributed by atoms with Gasteiger partial charge in [0.1, 0.15) is 0 Å². The summed E-state index contributed by atoms with van der Waals surface area (Å²) < 4.78 is 0. The van der Waals surface area contributed by atoms with Crippen molar-refractivity contribution >= 4 is 17.1 Å². The second kappa shape index (κ2) is 10.2. The molecule has 0 fully saturated rings. The van der Waals surface area contributed by atoms with Crippen LogP contribution in [0.15, 0.2) is 58.8 Å². The van der Waals surface area contributed by atoms with Crippen LogP contribution >= 0.6 is 0 Å². The molecule has 0 saturated heterocycles. The van der Waals surface area contributed by atoms with Crippen molar-refractivity contribution in [3.05, 3.63) is 64.2 Å². The van der Waals surface area contributed by atoms with Crippen LogP contribution in [0.2, 0.25) is 0 Å². The Labute approximate surface area is 164 Å². The van der Waals surface area contributed by atoms with Crippen molar-refractivity contribution in [2.75, 3.05) is 0 Å². The molecule has 0 aromatic heterocycles. The van der Waals surface area contributed by atoms with E-state index in [4.69, 9.17) is 0 Å². The van der Waals surface area contributed by atoms with Crippen molar-refractivity contribution in [2.45, 2.75) is 39.5 Å². The summed E-state index contributed by atoms with van der Waals surface area (Å²) in [5.74, 6) is -0.272. The van der Waals surface area contributed by atoms with Crippen LogP contribution in [0.25, 0.3) is 11.1 Å². The third-order valence-electron chi connectivity index (χ3n) is 4.79. The zero-order valence-corrected chi connectivity index (χ0v) is 16.1. The molecule has 0 aliphatic carbocycles. The third kappa shape index (κ3) is 5.16. The fraction of sp³-hybridized carbons (Fsp3) is 0.333. The maximum atomic E-state index is 10.8. The zero-order chi connectivity index (χ0) is 20.5. The summed E-state index contributed by atoms with van der Waals surface area (Å²) in [6.45, 7) is 3.83. The SMILES string of the molecule is CCCCCC(C(C)=NO)C(=NO)c1ccc(-c2ccc([N+](=O)[O-])cc2)cc1. The van der Waals surface area contributed by atoms with Crippen LogP contribution in [0.1, 0.15) is 45.1 Å². The molecular formula is C21H25N3O4. The molecule has 0 aliphatic rings. The average molecular weight is 383 g/mol. The van der Waals surface area contributed by atoms with E-state index in [0.717, 1.165) is 42.4 Å². The Morgan fingerprint density at radius 1 is 1.00 bits per heavy atom. The number of hydrogen-bond donors (Lipinski definition) is 2. The molecule has 0 spiro atoms. The molecule has 0 bridgehead atoms. The molecular weight excluding hydrogens is 358 g/mol. The van der Waals surface area contributed by atoms with Crippen molar-refractivity contribution in [3.63, 3.8) is 0 Å². The molecule has 2 aromatic rings. The molecule has 0 saturated carbocycles. The first-order valence-electron chi connectivity index (χ1n) is 9.27. The van der Waals surface area contributed by atoms with Crippen molar-refractivity contribution in [3.8, 4) is 11.1 Å². The van der Waals surface area contributed by atoms with Gasteiger partial charge in [-0.15, -0.1) is 0 Å². The summed E-state index contributed by atoms with van der Waals surface area (Å²) in [4.78, 5) is 10.4. The lowest BCUT2D eigenvalue weighted by atomic mass is 9.87. The molecule has 0 radical (unpaired) electrons. The minimum Gasteiger partial charge on any atom is -0.411 e. The van der Waals surface area contributed by atoms with E-state index in [1.165, 1.54) is 12.1 Å². The number of non-ortho nitro benzene ring substituents is 1. The van der Waals surface area contributed by atoms with Gasteiger partial charge in [0.25, 0.3) is 5.69 Å². The highest BCUT2D eigenvalue weighted by atomic mass is 16.6. The molecule has 2 aromatic carbocycles. The summed E-state index contributed by atoms with van der Waals surface area (Å²) in [6, 6.07) is 13.7. The molecule has 1 unspecified atom stereocenters. The van der Waals surface area contributed by atoms with Gasteiger partial charge in [-0.2, -0.15) is 0 Å².